The fraction of sp³-hybridized carbons (Fsp3) is 0.0476. The average Bonchev–Trinajstić information content (AvgIpc) is 3.51. The fourth-order valence-corrected chi connectivity index (χ4v) is 6.83. The van der Waals surface area contributed by atoms with Crippen molar-refractivity contribution in [2.24, 2.45) is 0 Å². The molecule has 50 heavy (non-hydrogen) atoms. The second-order valence-corrected chi connectivity index (χ2v) is 12.7. The van der Waals surface area contributed by atoms with Crippen molar-refractivity contribution in [1.82, 2.24) is 0 Å². The maximum atomic E-state index is 13.6. The van der Waals surface area contributed by atoms with Gasteiger partial charge in [-0.05, 0) is 131 Å². The van der Waals surface area contributed by atoms with Crippen LogP contribution in [0.2, 0.25) is 0 Å². The summed E-state index contributed by atoms with van der Waals surface area (Å²) < 4.78 is 0. The molecule has 0 radical (unpaired) electrons. The molecule has 2 heterocycles. The number of carbonyl (C=O) groups excluding carboxylic acids is 4. The number of hydrogen-bond donors (Lipinski definition) is 2. The van der Waals surface area contributed by atoms with E-state index in [-0.39, 0.29) is 23.6 Å². The van der Waals surface area contributed by atoms with Gasteiger partial charge in [-0.15, -0.1) is 0 Å². The monoisotopic (exact) mass is 654 g/mol. The smallest absolute Gasteiger partial charge is 0.266 e. The number of nitrogen functional groups attached to an aromatic ring is 2. The van der Waals surface area contributed by atoms with Gasteiger partial charge >= 0.3 is 0 Å². The van der Waals surface area contributed by atoms with Crippen LogP contribution in [-0.4, -0.2) is 23.6 Å². The molecule has 2 aliphatic heterocycles. The highest BCUT2D eigenvalue weighted by Gasteiger charge is 2.38. The summed E-state index contributed by atoms with van der Waals surface area (Å²) >= 11 is 0. The molecule has 2 aliphatic rings. The second-order valence-electron chi connectivity index (χ2n) is 12.7. The summed E-state index contributed by atoms with van der Waals surface area (Å²) in [6.45, 7) is 3.78. The van der Waals surface area contributed by atoms with Crippen LogP contribution < -0.4 is 21.3 Å². The van der Waals surface area contributed by atoms with Gasteiger partial charge in [-0.2, -0.15) is 0 Å². The molecule has 8 rings (SSSR count). The third-order valence-corrected chi connectivity index (χ3v) is 9.48. The summed E-state index contributed by atoms with van der Waals surface area (Å²) in [5, 5.41) is 0. The minimum Gasteiger partial charge on any atom is -0.399 e. The number of imide groups is 2. The highest BCUT2D eigenvalue weighted by molar-refractivity contribution is 6.35. The summed E-state index contributed by atoms with van der Waals surface area (Å²) in [4.78, 5) is 56.6. The first-order valence-corrected chi connectivity index (χ1v) is 16.1. The number of fused-ring (bicyclic) bond motifs is 2. The van der Waals surface area contributed by atoms with Gasteiger partial charge in [0.2, 0.25) is 0 Å². The van der Waals surface area contributed by atoms with Crippen molar-refractivity contribution in [2.45, 2.75) is 13.8 Å². The third kappa shape index (κ3) is 4.85. The van der Waals surface area contributed by atoms with E-state index in [1.165, 1.54) is 9.80 Å². The van der Waals surface area contributed by atoms with Crippen LogP contribution in [0.4, 0.5) is 22.7 Å². The van der Waals surface area contributed by atoms with Crippen LogP contribution in [-0.2, 0) is 0 Å². The molecule has 4 N–H and O–H groups in total. The van der Waals surface area contributed by atoms with E-state index in [2.05, 4.69) is 0 Å². The number of nitrogens with two attached hydrogens (primary N) is 2. The Bertz CT molecular complexity index is 2450. The summed E-state index contributed by atoms with van der Waals surface area (Å²) in [6, 6.07) is 36.3. The normalized spacial score (nSPS) is 13.6. The van der Waals surface area contributed by atoms with Crippen molar-refractivity contribution in [3.63, 3.8) is 0 Å². The second kappa shape index (κ2) is 11.4. The number of anilines is 4. The van der Waals surface area contributed by atoms with Gasteiger partial charge in [0.1, 0.15) is 0 Å². The van der Waals surface area contributed by atoms with E-state index < -0.39 is 0 Å². The van der Waals surface area contributed by atoms with Gasteiger partial charge in [0, 0.05) is 11.4 Å². The van der Waals surface area contributed by atoms with Crippen LogP contribution in [0.1, 0.15) is 52.6 Å². The Hall–Kier alpha value is -6.80. The molecular formula is C42H30N4O4. The number of rotatable bonds is 5. The molecule has 0 unspecified atom stereocenters. The molecule has 8 nitrogen and oxygen atoms in total. The molecule has 6 aromatic carbocycles. The lowest BCUT2D eigenvalue weighted by molar-refractivity contribution is 0.0910. The molecular weight excluding hydrogens is 624 g/mol. The van der Waals surface area contributed by atoms with Gasteiger partial charge in [0.25, 0.3) is 23.6 Å². The Kier molecular flexibility index (Phi) is 6.97. The van der Waals surface area contributed by atoms with Crippen molar-refractivity contribution >= 4 is 46.4 Å². The Morgan fingerprint density at radius 1 is 0.380 bits per heavy atom. The highest BCUT2D eigenvalue weighted by atomic mass is 16.2. The molecule has 0 saturated heterocycles. The third-order valence-electron chi connectivity index (χ3n) is 9.48. The summed E-state index contributed by atoms with van der Waals surface area (Å²) in [5.74, 6) is -1.49. The van der Waals surface area contributed by atoms with E-state index in [0.717, 1.165) is 44.5 Å². The van der Waals surface area contributed by atoms with Crippen molar-refractivity contribution in [3.8, 4) is 33.4 Å². The quantitative estimate of drug-likeness (QED) is 0.143. The van der Waals surface area contributed by atoms with Crippen LogP contribution in [0.3, 0.4) is 0 Å². The Labute approximate surface area is 288 Å². The van der Waals surface area contributed by atoms with E-state index in [9.17, 15) is 19.2 Å². The molecule has 0 aromatic heterocycles. The predicted molar refractivity (Wildman–Crippen MR) is 196 cm³/mol. The van der Waals surface area contributed by atoms with Crippen molar-refractivity contribution in [2.75, 3.05) is 21.3 Å². The van der Waals surface area contributed by atoms with Crippen LogP contribution in [0.15, 0.2) is 121 Å². The van der Waals surface area contributed by atoms with Gasteiger partial charge in [-0.3, -0.25) is 19.2 Å². The molecule has 8 heteroatoms. The SMILES string of the molecule is Cc1cc(N2C(=O)c3ccc(-c4ccc(N)cc4)cc3C2=O)ccc1-c1ccc(N2C(=O)c3ccc(-c4ccc(N)cc4)cc3C2=O)c(C)c1. The van der Waals surface area contributed by atoms with Crippen LogP contribution in [0.5, 0.6) is 0 Å². The van der Waals surface area contributed by atoms with Gasteiger partial charge in [-0.1, -0.05) is 48.5 Å². The largest absolute Gasteiger partial charge is 0.399 e. The number of amides is 4. The maximum absolute atomic E-state index is 13.6. The van der Waals surface area contributed by atoms with Crippen LogP contribution in [0.25, 0.3) is 33.4 Å². The predicted octanol–water partition coefficient (Wildman–Crippen LogP) is 8.07. The Balaban J connectivity index is 1.05. The summed E-state index contributed by atoms with van der Waals surface area (Å²) in [7, 11) is 0. The van der Waals surface area contributed by atoms with Crippen molar-refractivity contribution in [3.05, 3.63) is 155 Å². The molecule has 0 fully saturated rings. The highest BCUT2D eigenvalue weighted by Crippen LogP contribution is 2.38. The lowest BCUT2D eigenvalue weighted by Gasteiger charge is -2.19. The first-order chi connectivity index (χ1) is 24.1. The standard InChI is InChI=1S/C42H30N4O4/c1-23-20-32(45-39(47)34-15-7-27(21-36(34)41(45)49)25-3-10-30(43)11-4-25)14-17-33(23)29-9-18-38(24(2)19-29)46-40(48)35-16-8-28(22-37(35)42(46)50)26-5-12-31(44)13-6-26/h3-22H,43-44H2,1-2H3. The number of benzene rings is 6. The Morgan fingerprint density at radius 2 is 0.820 bits per heavy atom. The molecule has 0 saturated carbocycles. The zero-order valence-electron chi connectivity index (χ0n) is 27.2. The minimum absolute atomic E-state index is 0.354. The van der Waals surface area contributed by atoms with Gasteiger partial charge in [-0.25, -0.2) is 9.80 Å². The fourth-order valence-electron chi connectivity index (χ4n) is 6.83. The van der Waals surface area contributed by atoms with E-state index in [4.69, 9.17) is 11.5 Å². The van der Waals surface area contributed by atoms with Crippen molar-refractivity contribution in [1.29, 1.82) is 0 Å². The molecule has 0 atom stereocenters. The van der Waals surface area contributed by atoms with E-state index in [1.54, 1.807) is 60.7 Å². The molecule has 0 aliphatic carbocycles. The van der Waals surface area contributed by atoms with Crippen molar-refractivity contribution < 1.29 is 19.2 Å². The van der Waals surface area contributed by atoms with Gasteiger partial charge < -0.3 is 11.5 Å². The van der Waals surface area contributed by atoms with Gasteiger partial charge in [0.15, 0.2) is 0 Å². The molecule has 0 spiro atoms. The number of carbonyl (C=O) groups is 4. The maximum Gasteiger partial charge on any atom is 0.266 e. The zero-order valence-corrected chi connectivity index (χ0v) is 27.2. The summed E-state index contributed by atoms with van der Waals surface area (Å²) in [5.41, 5.74) is 22.2. The van der Waals surface area contributed by atoms with E-state index >= 15 is 0 Å². The minimum atomic E-state index is -0.379. The number of hydrogen-bond acceptors (Lipinski definition) is 6. The van der Waals surface area contributed by atoms with Gasteiger partial charge in [0.05, 0.1) is 33.6 Å². The zero-order chi connectivity index (χ0) is 34.8. The molecule has 242 valence electrons. The van der Waals surface area contributed by atoms with Crippen LogP contribution in [0, 0.1) is 13.8 Å². The lowest BCUT2D eigenvalue weighted by atomic mass is 9.97. The van der Waals surface area contributed by atoms with E-state index in [1.807, 2.05) is 74.5 Å². The molecule has 0 bridgehead atoms. The molecule has 6 aromatic rings. The molecule has 4 amide bonds. The van der Waals surface area contributed by atoms with E-state index in [0.29, 0.717) is 45.0 Å². The average molecular weight is 655 g/mol. The topological polar surface area (TPSA) is 127 Å². The first-order valence-electron chi connectivity index (χ1n) is 16.1. The lowest BCUT2D eigenvalue weighted by Crippen LogP contribution is -2.30. The number of nitrogens with zero attached hydrogens (tertiary/aromatic N) is 2. The van der Waals surface area contributed by atoms with Crippen LogP contribution >= 0.6 is 0 Å². The Morgan fingerprint density at radius 3 is 1.34 bits per heavy atom. The first kappa shape index (κ1) is 30.5. The number of aryl methyl sites for hydroxylation is 2. The summed E-state index contributed by atoms with van der Waals surface area (Å²) in [6.07, 6.45) is 0.